The summed E-state index contributed by atoms with van der Waals surface area (Å²) < 4.78 is 10.7. The minimum absolute atomic E-state index is 0.0939. The SMILES string of the molecule is CC1(O)CS[C@@H]2C(NC(=O)COc3ccccc3)C(=O)N2C1C(=O)OCc1ccc([N+](=O)[O-])cc1. The predicted molar refractivity (Wildman–Crippen MR) is 124 cm³/mol. The van der Waals surface area contributed by atoms with Gasteiger partial charge in [-0.3, -0.25) is 19.7 Å². The minimum atomic E-state index is -1.55. The Morgan fingerprint density at radius 2 is 1.91 bits per heavy atom. The van der Waals surface area contributed by atoms with Crippen LogP contribution in [0.3, 0.4) is 0 Å². The Morgan fingerprint density at radius 1 is 1.23 bits per heavy atom. The molecule has 4 rings (SSSR count). The van der Waals surface area contributed by atoms with Gasteiger partial charge in [-0.05, 0) is 36.8 Å². The highest BCUT2D eigenvalue weighted by atomic mass is 32.2. The molecule has 0 radical (unpaired) electrons. The van der Waals surface area contributed by atoms with Crippen molar-refractivity contribution in [2.45, 2.75) is 36.6 Å². The van der Waals surface area contributed by atoms with E-state index < -0.39 is 45.8 Å². The van der Waals surface area contributed by atoms with Gasteiger partial charge in [-0.25, -0.2) is 4.79 Å². The van der Waals surface area contributed by atoms with Crippen molar-refractivity contribution in [1.29, 1.82) is 0 Å². The van der Waals surface area contributed by atoms with E-state index >= 15 is 0 Å². The molecule has 184 valence electrons. The number of non-ortho nitro benzene ring substituents is 1. The number of nitro benzene ring substituents is 1. The summed E-state index contributed by atoms with van der Waals surface area (Å²) in [6.07, 6.45) is 0. The quantitative estimate of drug-likeness (QED) is 0.236. The van der Waals surface area contributed by atoms with E-state index in [1.54, 1.807) is 24.3 Å². The highest BCUT2D eigenvalue weighted by Crippen LogP contribution is 2.42. The maximum absolute atomic E-state index is 12.9. The number of esters is 1. The molecule has 2 aromatic rings. The van der Waals surface area contributed by atoms with E-state index in [1.165, 1.54) is 47.9 Å². The average Bonchev–Trinajstić information content (AvgIpc) is 2.85. The molecule has 0 bridgehead atoms. The number of amides is 2. The Hall–Kier alpha value is -3.64. The third-order valence-corrected chi connectivity index (χ3v) is 7.27. The molecule has 0 aromatic heterocycles. The second kappa shape index (κ2) is 9.92. The standard InChI is InChI=1S/C23H23N3O8S/c1-23(30)13-35-21-18(24-17(27)12-33-16-5-3-2-4-6-16)20(28)25(21)19(23)22(29)34-11-14-7-9-15(10-8-14)26(31)32/h2-10,18-19,21,30H,11-13H2,1H3,(H,24,27)/t18?,19?,21-,23?/m1/s1. The summed E-state index contributed by atoms with van der Waals surface area (Å²) in [7, 11) is 0. The fourth-order valence-electron chi connectivity index (χ4n) is 3.90. The van der Waals surface area contributed by atoms with Gasteiger partial charge >= 0.3 is 5.97 Å². The molecule has 2 aliphatic heterocycles. The predicted octanol–water partition coefficient (Wildman–Crippen LogP) is 1.24. The molecule has 2 amide bonds. The van der Waals surface area contributed by atoms with Crippen LogP contribution in [0.5, 0.6) is 5.75 Å². The Balaban J connectivity index is 1.36. The van der Waals surface area contributed by atoms with Crippen LogP contribution in [0, 0.1) is 10.1 Å². The molecule has 3 unspecified atom stereocenters. The van der Waals surface area contributed by atoms with Crippen LogP contribution in [0.4, 0.5) is 5.69 Å². The molecule has 11 nitrogen and oxygen atoms in total. The number of benzene rings is 2. The zero-order chi connectivity index (χ0) is 25.2. The number of thioether (sulfide) groups is 1. The van der Waals surface area contributed by atoms with Gasteiger partial charge in [-0.1, -0.05) is 18.2 Å². The molecular weight excluding hydrogens is 478 g/mol. The molecule has 2 N–H and O–H groups in total. The van der Waals surface area contributed by atoms with Crippen molar-refractivity contribution < 1.29 is 33.9 Å². The number of nitrogens with one attached hydrogen (secondary N) is 1. The number of nitro groups is 1. The van der Waals surface area contributed by atoms with E-state index in [1.807, 2.05) is 6.07 Å². The summed E-state index contributed by atoms with van der Waals surface area (Å²) in [4.78, 5) is 49.5. The normalized spacial score (nSPS) is 25.1. The number of β-lactam (4-membered cyclic amide) rings is 1. The number of aliphatic hydroxyl groups is 1. The summed E-state index contributed by atoms with van der Waals surface area (Å²) >= 11 is 1.26. The van der Waals surface area contributed by atoms with E-state index in [0.717, 1.165) is 0 Å². The van der Waals surface area contributed by atoms with Crippen LogP contribution in [-0.4, -0.2) is 68.1 Å². The lowest BCUT2D eigenvalue weighted by atomic mass is 9.91. The molecule has 0 aliphatic carbocycles. The molecular formula is C23H23N3O8S. The summed E-state index contributed by atoms with van der Waals surface area (Å²) in [5.41, 5.74) is -1.12. The zero-order valence-electron chi connectivity index (χ0n) is 18.7. The summed E-state index contributed by atoms with van der Waals surface area (Å²) in [5, 5.41) is 23.7. The number of rotatable bonds is 8. The van der Waals surface area contributed by atoms with E-state index in [4.69, 9.17) is 9.47 Å². The molecule has 12 heteroatoms. The topological polar surface area (TPSA) is 148 Å². The smallest absolute Gasteiger partial charge is 0.332 e. The van der Waals surface area contributed by atoms with Crippen LogP contribution in [0.1, 0.15) is 12.5 Å². The van der Waals surface area contributed by atoms with Gasteiger partial charge in [0.1, 0.15) is 29.4 Å². The Bertz CT molecular complexity index is 1130. The third-order valence-electron chi connectivity index (χ3n) is 5.67. The number of para-hydroxylation sites is 1. The fourth-order valence-corrected chi connectivity index (χ4v) is 5.33. The molecule has 2 heterocycles. The summed E-state index contributed by atoms with van der Waals surface area (Å²) in [5.74, 6) is -1.13. The first-order valence-corrected chi connectivity index (χ1v) is 11.8. The maximum atomic E-state index is 12.9. The van der Waals surface area contributed by atoms with Gasteiger partial charge in [0.15, 0.2) is 12.6 Å². The third kappa shape index (κ3) is 5.23. The number of hydrogen-bond donors (Lipinski definition) is 2. The number of nitrogens with zero attached hydrogens (tertiary/aromatic N) is 2. The molecule has 4 atom stereocenters. The lowest BCUT2D eigenvalue weighted by Gasteiger charge is -2.56. The van der Waals surface area contributed by atoms with Crippen LogP contribution in [0.25, 0.3) is 0 Å². The van der Waals surface area contributed by atoms with Gasteiger partial charge in [0, 0.05) is 17.9 Å². The first-order chi connectivity index (χ1) is 16.7. The van der Waals surface area contributed by atoms with Gasteiger partial charge < -0.3 is 24.8 Å². The number of carbonyl (C=O) groups excluding carboxylic acids is 3. The van der Waals surface area contributed by atoms with Crippen molar-refractivity contribution in [1.82, 2.24) is 10.2 Å². The molecule has 2 saturated heterocycles. The molecule has 2 aromatic carbocycles. The second-order valence-corrected chi connectivity index (χ2v) is 9.49. The first-order valence-electron chi connectivity index (χ1n) is 10.7. The largest absolute Gasteiger partial charge is 0.484 e. The van der Waals surface area contributed by atoms with Crippen LogP contribution < -0.4 is 10.1 Å². The van der Waals surface area contributed by atoms with Gasteiger partial charge in [-0.15, -0.1) is 11.8 Å². The molecule has 2 aliphatic rings. The number of fused-ring (bicyclic) bond motifs is 1. The first kappa shape index (κ1) is 24.5. The van der Waals surface area contributed by atoms with Crippen LogP contribution >= 0.6 is 11.8 Å². The number of hydrogen-bond acceptors (Lipinski definition) is 9. The van der Waals surface area contributed by atoms with E-state index in [-0.39, 0.29) is 24.7 Å². The summed E-state index contributed by atoms with van der Waals surface area (Å²) in [6, 6.07) is 12.2. The summed E-state index contributed by atoms with van der Waals surface area (Å²) in [6.45, 7) is 0.991. The Kier molecular flexibility index (Phi) is 6.94. The lowest BCUT2D eigenvalue weighted by molar-refractivity contribution is -0.384. The molecule has 0 saturated carbocycles. The highest BCUT2D eigenvalue weighted by molar-refractivity contribution is 8.00. The van der Waals surface area contributed by atoms with Crippen molar-refractivity contribution in [3.8, 4) is 5.75 Å². The lowest BCUT2D eigenvalue weighted by Crippen LogP contribution is -2.79. The van der Waals surface area contributed by atoms with E-state index in [9.17, 15) is 29.6 Å². The van der Waals surface area contributed by atoms with Crippen molar-refractivity contribution in [3.05, 3.63) is 70.3 Å². The van der Waals surface area contributed by atoms with Gasteiger partial charge in [0.25, 0.3) is 11.6 Å². The van der Waals surface area contributed by atoms with Gasteiger partial charge in [0.05, 0.1) is 4.92 Å². The number of ether oxygens (including phenoxy) is 2. The van der Waals surface area contributed by atoms with Crippen molar-refractivity contribution in [2.75, 3.05) is 12.4 Å². The van der Waals surface area contributed by atoms with Crippen LogP contribution in [-0.2, 0) is 25.7 Å². The van der Waals surface area contributed by atoms with Gasteiger partial charge in [0.2, 0.25) is 5.91 Å². The highest BCUT2D eigenvalue weighted by Gasteiger charge is 2.61. The van der Waals surface area contributed by atoms with E-state index in [0.29, 0.717) is 11.3 Å². The average molecular weight is 502 g/mol. The van der Waals surface area contributed by atoms with Gasteiger partial charge in [-0.2, -0.15) is 0 Å². The van der Waals surface area contributed by atoms with E-state index in [2.05, 4.69) is 5.32 Å². The van der Waals surface area contributed by atoms with Crippen molar-refractivity contribution in [3.63, 3.8) is 0 Å². The molecule has 2 fully saturated rings. The maximum Gasteiger partial charge on any atom is 0.332 e. The van der Waals surface area contributed by atoms with Crippen LogP contribution in [0.2, 0.25) is 0 Å². The second-order valence-electron chi connectivity index (χ2n) is 8.38. The number of carbonyl (C=O) groups is 3. The monoisotopic (exact) mass is 501 g/mol. The van der Waals surface area contributed by atoms with Crippen molar-refractivity contribution >= 4 is 35.2 Å². The van der Waals surface area contributed by atoms with Crippen molar-refractivity contribution in [2.24, 2.45) is 0 Å². The Morgan fingerprint density at radius 3 is 2.57 bits per heavy atom. The zero-order valence-corrected chi connectivity index (χ0v) is 19.5. The Labute approximate surface area is 204 Å². The molecule has 0 spiro atoms. The van der Waals surface area contributed by atoms with Crippen LogP contribution in [0.15, 0.2) is 54.6 Å². The molecule has 35 heavy (non-hydrogen) atoms. The minimum Gasteiger partial charge on any atom is -0.484 e. The fraction of sp³-hybridized carbons (Fsp3) is 0.348.